The molecule has 0 aliphatic heterocycles. The first kappa shape index (κ1) is 11.8. The number of Topliss-reactive ketones (excluding diaryl/α,β-unsaturated/α-hetero) is 1. The van der Waals surface area contributed by atoms with Gasteiger partial charge in [-0.2, -0.15) is 0 Å². The standard InChI is InChI=1S/C11H15FN2O/c1-2-8(5-13)3-11(15)9-4-10(12)7-14-6-9/h4,6-8H,2-3,5,13H2,1H3. The van der Waals surface area contributed by atoms with Gasteiger partial charge in [-0.3, -0.25) is 9.78 Å². The summed E-state index contributed by atoms with van der Waals surface area (Å²) in [6.07, 6.45) is 3.68. The predicted octanol–water partition coefficient (Wildman–Crippen LogP) is 1.78. The Hall–Kier alpha value is -1.29. The monoisotopic (exact) mass is 210 g/mol. The predicted molar refractivity (Wildman–Crippen MR) is 56.0 cm³/mol. The van der Waals surface area contributed by atoms with Crippen LogP contribution in [0.4, 0.5) is 4.39 Å². The maximum atomic E-state index is 12.8. The number of pyridine rings is 1. The molecule has 1 aromatic rings. The number of halogens is 1. The lowest BCUT2D eigenvalue weighted by Gasteiger charge is -2.10. The van der Waals surface area contributed by atoms with Crippen LogP contribution < -0.4 is 5.73 Å². The highest BCUT2D eigenvalue weighted by Crippen LogP contribution is 2.12. The molecule has 1 rings (SSSR count). The molecule has 15 heavy (non-hydrogen) atoms. The van der Waals surface area contributed by atoms with Crippen molar-refractivity contribution in [3.63, 3.8) is 0 Å². The van der Waals surface area contributed by atoms with Gasteiger partial charge in [0.05, 0.1) is 6.20 Å². The summed E-state index contributed by atoms with van der Waals surface area (Å²) >= 11 is 0. The summed E-state index contributed by atoms with van der Waals surface area (Å²) in [5, 5.41) is 0. The topological polar surface area (TPSA) is 56.0 Å². The van der Waals surface area contributed by atoms with Crippen LogP contribution >= 0.6 is 0 Å². The molecule has 0 radical (unpaired) electrons. The van der Waals surface area contributed by atoms with Crippen molar-refractivity contribution >= 4 is 5.78 Å². The van der Waals surface area contributed by atoms with Crippen LogP contribution in [0.25, 0.3) is 0 Å². The highest BCUT2D eigenvalue weighted by Gasteiger charge is 2.13. The molecule has 4 heteroatoms. The molecule has 3 nitrogen and oxygen atoms in total. The van der Waals surface area contributed by atoms with Gasteiger partial charge in [-0.15, -0.1) is 0 Å². The Labute approximate surface area is 88.5 Å². The molecule has 1 unspecified atom stereocenters. The molecule has 1 aromatic heterocycles. The number of ketones is 1. The van der Waals surface area contributed by atoms with E-state index in [0.29, 0.717) is 18.5 Å². The molecule has 0 aromatic carbocycles. The van der Waals surface area contributed by atoms with Crippen molar-refractivity contribution in [1.82, 2.24) is 4.98 Å². The quantitative estimate of drug-likeness (QED) is 0.753. The first-order valence-electron chi connectivity index (χ1n) is 5.01. The van der Waals surface area contributed by atoms with E-state index in [2.05, 4.69) is 4.98 Å². The zero-order chi connectivity index (χ0) is 11.3. The van der Waals surface area contributed by atoms with Gasteiger partial charge in [0.1, 0.15) is 5.82 Å². The normalized spacial score (nSPS) is 12.5. The summed E-state index contributed by atoms with van der Waals surface area (Å²) in [6.45, 7) is 2.46. The van der Waals surface area contributed by atoms with Crippen molar-refractivity contribution in [3.05, 3.63) is 29.8 Å². The molecule has 1 atom stereocenters. The summed E-state index contributed by atoms with van der Waals surface area (Å²) in [7, 11) is 0. The molecule has 0 fully saturated rings. The van der Waals surface area contributed by atoms with Crippen molar-refractivity contribution in [2.24, 2.45) is 11.7 Å². The van der Waals surface area contributed by atoms with E-state index in [1.165, 1.54) is 12.3 Å². The number of carbonyl (C=O) groups excluding carboxylic acids is 1. The van der Waals surface area contributed by atoms with Crippen molar-refractivity contribution in [2.45, 2.75) is 19.8 Å². The van der Waals surface area contributed by atoms with Gasteiger partial charge in [0, 0.05) is 18.2 Å². The number of nitrogens with zero attached hydrogens (tertiary/aromatic N) is 1. The van der Waals surface area contributed by atoms with Crippen molar-refractivity contribution < 1.29 is 9.18 Å². The Morgan fingerprint density at radius 3 is 2.87 bits per heavy atom. The van der Waals surface area contributed by atoms with Gasteiger partial charge in [0.2, 0.25) is 0 Å². The van der Waals surface area contributed by atoms with E-state index in [-0.39, 0.29) is 11.7 Å². The van der Waals surface area contributed by atoms with Gasteiger partial charge in [-0.25, -0.2) is 4.39 Å². The maximum absolute atomic E-state index is 12.8. The zero-order valence-electron chi connectivity index (χ0n) is 8.74. The maximum Gasteiger partial charge on any atom is 0.164 e. The lowest BCUT2D eigenvalue weighted by Crippen LogP contribution is -2.17. The Kier molecular flexibility index (Phi) is 4.37. The largest absolute Gasteiger partial charge is 0.330 e. The van der Waals surface area contributed by atoms with E-state index in [4.69, 9.17) is 5.73 Å². The second kappa shape index (κ2) is 5.56. The smallest absolute Gasteiger partial charge is 0.164 e. The number of carbonyl (C=O) groups is 1. The minimum atomic E-state index is -0.485. The zero-order valence-corrected chi connectivity index (χ0v) is 8.74. The highest BCUT2D eigenvalue weighted by molar-refractivity contribution is 5.95. The first-order chi connectivity index (χ1) is 7.17. The van der Waals surface area contributed by atoms with Crippen LogP contribution in [-0.4, -0.2) is 17.3 Å². The minimum absolute atomic E-state index is 0.0979. The third-order valence-electron chi connectivity index (χ3n) is 2.41. The van der Waals surface area contributed by atoms with Crippen molar-refractivity contribution in [3.8, 4) is 0 Å². The average Bonchev–Trinajstić information content (AvgIpc) is 2.25. The number of nitrogens with two attached hydrogens (primary N) is 1. The summed E-state index contributed by atoms with van der Waals surface area (Å²) in [6, 6.07) is 1.21. The van der Waals surface area contributed by atoms with Gasteiger partial charge in [-0.05, 0) is 18.5 Å². The first-order valence-corrected chi connectivity index (χ1v) is 5.01. The molecular weight excluding hydrogens is 195 g/mol. The van der Waals surface area contributed by atoms with Crippen LogP contribution in [0.3, 0.4) is 0 Å². The molecule has 0 bridgehead atoms. The van der Waals surface area contributed by atoms with Gasteiger partial charge in [0.15, 0.2) is 5.78 Å². The van der Waals surface area contributed by atoms with Crippen LogP contribution in [0, 0.1) is 11.7 Å². The van der Waals surface area contributed by atoms with Crippen LogP contribution in [0.2, 0.25) is 0 Å². The van der Waals surface area contributed by atoms with Crippen LogP contribution in [0.15, 0.2) is 18.5 Å². The fourth-order valence-electron chi connectivity index (χ4n) is 1.34. The molecule has 0 amide bonds. The molecule has 82 valence electrons. The van der Waals surface area contributed by atoms with E-state index in [0.717, 1.165) is 12.6 Å². The lowest BCUT2D eigenvalue weighted by molar-refractivity contribution is 0.0960. The second-order valence-electron chi connectivity index (χ2n) is 3.53. The summed E-state index contributed by atoms with van der Waals surface area (Å²) < 4.78 is 12.8. The third-order valence-corrected chi connectivity index (χ3v) is 2.41. The molecule has 0 aliphatic rings. The number of rotatable bonds is 5. The molecule has 0 saturated carbocycles. The summed E-state index contributed by atoms with van der Waals surface area (Å²) in [5.74, 6) is -0.415. The second-order valence-corrected chi connectivity index (χ2v) is 3.53. The van der Waals surface area contributed by atoms with Crippen LogP contribution in [0.1, 0.15) is 30.1 Å². The summed E-state index contributed by atoms with van der Waals surface area (Å²) in [5.41, 5.74) is 5.82. The van der Waals surface area contributed by atoms with Gasteiger partial charge >= 0.3 is 0 Å². The van der Waals surface area contributed by atoms with E-state index in [1.54, 1.807) is 0 Å². The molecule has 1 heterocycles. The van der Waals surface area contributed by atoms with E-state index in [9.17, 15) is 9.18 Å². The Balaban J connectivity index is 2.68. The fourth-order valence-corrected chi connectivity index (χ4v) is 1.34. The van der Waals surface area contributed by atoms with Gasteiger partial charge in [-0.1, -0.05) is 13.3 Å². The number of aromatic nitrogens is 1. The van der Waals surface area contributed by atoms with Crippen LogP contribution in [0.5, 0.6) is 0 Å². The third kappa shape index (κ3) is 3.40. The van der Waals surface area contributed by atoms with E-state index >= 15 is 0 Å². The van der Waals surface area contributed by atoms with Crippen LogP contribution in [-0.2, 0) is 0 Å². The highest BCUT2D eigenvalue weighted by atomic mass is 19.1. The van der Waals surface area contributed by atoms with E-state index in [1.807, 2.05) is 6.92 Å². The SMILES string of the molecule is CCC(CN)CC(=O)c1cncc(F)c1. The average molecular weight is 210 g/mol. The minimum Gasteiger partial charge on any atom is -0.330 e. The Bertz CT molecular complexity index is 337. The lowest BCUT2D eigenvalue weighted by atomic mass is 9.97. The summed E-state index contributed by atoms with van der Waals surface area (Å²) in [4.78, 5) is 15.3. The fraction of sp³-hybridized carbons (Fsp3) is 0.455. The van der Waals surface area contributed by atoms with Gasteiger partial charge < -0.3 is 5.73 Å². The molecular formula is C11H15FN2O. The van der Waals surface area contributed by atoms with E-state index < -0.39 is 5.82 Å². The Morgan fingerprint density at radius 1 is 1.60 bits per heavy atom. The van der Waals surface area contributed by atoms with Crippen molar-refractivity contribution in [1.29, 1.82) is 0 Å². The van der Waals surface area contributed by atoms with Gasteiger partial charge in [0.25, 0.3) is 0 Å². The van der Waals surface area contributed by atoms with Crippen molar-refractivity contribution in [2.75, 3.05) is 6.54 Å². The molecule has 2 N–H and O–H groups in total. The molecule has 0 spiro atoms. The molecule has 0 saturated heterocycles. The number of hydrogen-bond donors (Lipinski definition) is 1. The molecule has 0 aliphatic carbocycles. The Morgan fingerprint density at radius 2 is 2.33 bits per heavy atom. The number of hydrogen-bond acceptors (Lipinski definition) is 3.